The summed E-state index contributed by atoms with van der Waals surface area (Å²) in [5, 5.41) is 13.7. The van der Waals surface area contributed by atoms with Crippen LogP contribution in [-0.4, -0.2) is 51.2 Å². The van der Waals surface area contributed by atoms with Crippen LogP contribution in [0.1, 0.15) is 54.0 Å². The Morgan fingerprint density at radius 1 is 1.25 bits per heavy atom. The van der Waals surface area contributed by atoms with Crippen LogP contribution in [0.25, 0.3) is 0 Å². The zero-order valence-electron chi connectivity index (χ0n) is 22.5. The minimum atomic E-state index is -4.69. The van der Waals surface area contributed by atoms with Crippen LogP contribution in [0.3, 0.4) is 0 Å². The fourth-order valence-electron chi connectivity index (χ4n) is 5.29. The fourth-order valence-corrected chi connectivity index (χ4v) is 5.29. The normalized spacial score (nSPS) is 18.9. The molecule has 0 aliphatic heterocycles. The van der Waals surface area contributed by atoms with Gasteiger partial charge in [-0.2, -0.15) is 13.2 Å². The Morgan fingerprint density at radius 2 is 2.00 bits per heavy atom. The van der Waals surface area contributed by atoms with E-state index in [1.54, 1.807) is 17.0 Å². The first kappa shape index (κ1) is 29.4. The van der Waals surface area contributed by atoms with E-state index in [1.807, 2.05) is 14.0 Å². The van der Waals surface area contributed by atoms with E-state index in [4.69, 9.17) is 4.74 Å². The molecule has 9 nitrogen and oxygen atoms in total. The van der Waals surface area contributed by atoms with Gasteiger partial charge in [0.1, 0.15) is 30.1 Å². The summed E-state index contributed by atoms with van der Waals surface area (Å²) in [6, 6.07) is 5.54. The van der Waals surface area contributed by atoms with Crippen LogP contribution >= 0.6 is 0 Å². The van der Waals surface area contributed by atoms with E-state index in [0.717, 1.165) is 19.0 Å². The molecule has 0 spiro atoms. The van der Waals surface area contributed by atoms with E-state index in [9.17, 15) is 27.2 Å². The highest BCUT2D eigenvalue weighted by molar-refractivity contribution is 6.04. The quantitative estimate of drug-likeness (QED) is 0.272. The van der Waals surface area contributed by atoms with Crippen molar-refractivity contribution in [1.29, 1.82) is 0 Å². The first-order valence-corrected chi connectivity index (χ1v) is 13.0. The van der Waals surface area contributed by atoms with E-state index in [2.05, 4.69) is 27.8 Å². The molecule has 3 aromatic rings. The number of alkyl halides is 3. The van der Waals surface area contributed by atoms with Gasteiger partial charge in [0.25, 0.3) is 11.5 Å². The van der Waals surface area contributed by atoms with Crippen molar-refractivity contribution in [1.82, 2.24) is 24.6 Å². The van der Waals surface area contributed by atoms with E-state index in [1.165, 1.54) is 18.2 Å². The number of pyridine rings is 1. The summed E-state index contributed by atoms with van der Waals surface area (Å²) >= 11 is 0. The fraction of sp³-hybridized carbons (Fsp3) is 0.481. The highest BCUT2D eigenvalue weighted by atomic mass is 19.4. The number of halogens is 4. The number of anilines is 1. The van der Waals surface area contributed by atoms with E-state index in [0.29, 0.717) is 41.6 Å². The molecule has 2 aromatic heterocycles. The molecule has 1 aliphatic carbocycles. The smallest absolute Gasteiger partial charge is 0.380 e. The van der Waals surface area contributed by atoms with Gasteiger partial charge in [-0.3, -0.25) is 9.59 Å². The zero-order chi connectivity index (χ0) is 29.1. The van der Waals surface area contributed by atoms with E-state index >= 15 is 0 Å². The SMILES string of the molecule is CCOCCNCc1cc(C(=O)Nc2cc(C3(c4nncn4C)CC(C)C3)ccc2F)c(=O)n(CC(F)(F)F)c1. The van der Waals surface area contributed by atoms with Crippen molar-refractivity contribution in [2.24, 2.45) is 13.0 Å². The van der Waals surface area contributed by atoms with Crippen molar-refractivity contribution < 1.29 is 27.1 Å². The predicted molar refractivity (Wildman–Crippen MR) is 139 cm³/mol. The summed E-state index contributed by atoms with van der Waals surface area (Å²) in [6.07, 6.45) is -0.577. The van der Waals surface area contributed by atoms with Crippen molar-refractivity contribution >= 4 is 11.6 Å². The standard InChI is InChI=1S/C27H32F4N6O3/c1-4-40-8-7-32-13-18-9-20(24(39)37(14-18)15-27(29,30)31)23(38)34-22-10-19(5-6-21(22)28)26(11-17(2)12-26)25-35-33-16-36(25)3/h5-6,9-10,14,16-17,32H,4,7-8,11-13,15H2,1-3H3,(H,34,38). The molecule has 0 bridgehead atoms. The maximum atomic E-state index is 14.9. The molecule has 40 heavy (non-hydrogen) atoms. The number of benzene rings is 1. The topological polar surface area (TPSA) is 103 Å². The van der Waals surface area contributed by atoms with Crippen molar-refractivity contribution in [2.45, 2.75) is 51.4 Å². The van der Waals surface area contributed by atoms with Crippen molar-refractivity contribution in [2.75, 3.05) is 25.1 Å². The minimum Gasteiger partial charge on any atom is -0.380 e. The van der Waals surface area contributed by atoms with Crippen LogP contribution in [-0.2, 0) is 30.3 Å². The zero-order valence-corrected chi connectivity index (χ0v) is 22.5. The number of carbonyl (C=O) groups is 1. The average Bonchev–Trinajstić information content (AvgIpc) is 3.30. The van der Waals surface area contributed by atoms with Crippen LogP contribution in [0.2, 0.25) is 0 Å². The first-order valence-electron chi connectivity index (χ1n) is 13.0. The number of ether oxygens (including phenoxy) is 1. The summed E-state index contributed by atoms with van der Waals surface area (Å²) in [7, 11) is 1.82. The Morgan fingerprint density at radius 3 is 2.62 bits per heavy atom. The molecular weight excluding hydrogens is 532 g/mol. The van der Waals surface area contributed by atoms with Gasteiger partial charge in [0.2, 0.25) is 0 Å². The van der Waals surface area contributed by atoms with Crippen molar-refractivity contribution in [3.63, 3.8) is 0 Å². The number of carbonyl (C=O) groups excluding carboxylic acids is 1. The second-order valence-electron chi connectivity index (χ2n) is 10.2. The van der Waals surface area contributed by atoms with E-state index in [-0.39, 0.29) is 17.8 Å². The second kappa shape index (κ2) is 11.9. The number of aromatic nitrogens is 4. The third kappa shape index (κ3) is 6.41. The van der Waals surface area contributed by atoms with Crippen LogP contribution in [0, 0.1) is 11.7 Å². The Kier molecular flexibility index (Phi) is 8.74. The Balaban J connectivity index is 1.64. The Hall–Kier alpha value is -3.58. The Labute approximate surface area is 228 Å². The molecule has 13 heteroatoms. The highest BCUT2D eigenvalue weighted by Gasteiger charge is 2.48. The van der Waals surface area contributed by atoms with Crippen LogP contribution in [0.4, 0.5) is 23.2 Å². The molecule has 216 valence electrons. The van der Waals surface area contributed by atoms with Gasteiger partial charge in [-0.1, -0.05) is 13.0 Å². The number of nitrogens with one attached hydrogen (secondary N) is 2. The van der Waals surface area contributed by atoms with Gasteiger partial charge in [-0.15, -0.1) is 10.2 Å². The number of nitrogens with zero attached hydrogens (tertiary/aromatic N) is 4. The monoisotopic (exact) mass is 564 g/mol. The lowest BCUT2D eigenvalue weighted by atomic mass is 9.58. The molecule has 0 unspecified atom stereocenters. The lowest BCUT2D eigenvalue weighted by Gasteiger charge is -2.46. The molecule has 0 radical (unpaired) electrons. The first-order chi connectivity index (χ1) is 18.9. The van der Waals surface area contributed by atoms with Crippen LogP contribution in [0.15, 0.2) is 41.6 Å². The number of aryl methyl sites for hydroxylation is 1. The number of hydrogen-bond acceptors (Lipinski definition) is 6. The third-order valence-electron chi connectivity index (χ3n) is 6.99. The van der Waals surface area contributed by atoms with Crippen LogP contribution in [0.5, 0.6) is 0 Å². The lowest BCUT2D eigenvalue weighted by molar-refractivity contribution is -0.141. The summed E-state index contributed by atoms with van der Waals surface area (Å²) in [5.41, 5.74) is -1.40. The van der Waals surface area contributed by atoms with Crippen molar-refractivity contribution in [3.05, 3.63) is 75.5 Å². The van der Waals surface area contributed by atoms with Crippen molar-refractivity contribution in [3.8, 4) is 0 Å². The van der Waals surface area contributed by atoms with Gasteiger partial charge in [0.05, 0.1) is 17.7 Å². The lowest BCUT2D eigenvalue weighted by Crippen LogP contribution is -2.43. The third-order valence-corrected chi connectivity index (χ3v) is 6.99. The highest BCUT2D eigenvalue weighted by Crippen LogP contribution is 2.51. The van der Waals surface area contributed by atoms with Gasteiger partial charge in [0, 0.05) is 32.9 Å². The minimum absolute atomic E-state index is 0.0910. The molecule has 1 aliphatic rings. The second-order valence-corrected chi connectivity index (χ2v) is 10.2. The molecule has 2 heterocycles. The number of rotatable bonds is 11. The van der Waals surface area contributed by atoms with Gasteiger partial charge >= 0.3 is 6.18 Å². The summed E-state index contributed by atoms with van der Waals surface area (Å²) < 4.78 is 61.9. The van der Waals surface area contributed by atoms with Gasteiger partial charge in [-0.05, 0) is 55.0 Å². The largest absolute Gasteiger partial charge is 0.406 e. The molecule has 1 fully saturated rings. The Bertz CT molecular complexity index is 1410. The summed E-state index contributed by atoms with van der Waals surface area (Å²) in [4.78, 5) is 26.1. The van der Waals surface area contributed by atoms with E-state index < -0.39 is 41.0 Å². The maximum absolute atomic E-state index is 14.9. The maximum Gasteiger partial charge on any atom is 0.406 e. The predicted octanol–water partition coefficient (Wildman–Crippen LogP) is 3.77. The molecule has 4 rings (SSSR count). The van der Waals surface area contributed by atoms with Gasteiger partial charge in [-0.25, -0.2) is 4.39 Å². The molecule has 1 saturated carbocycles. The molecule has 0 atom stereocenters. The van der Waals surface area contributed by atoms with Gasteiger partial charge < -0.3 is 24.5 Å². The average molecular weight is 565 g/mol. The number of amides is 1. The molecule has 1 amide bonds. The number of hydrogen-bond donors (Lipinski definition) is 2. The molecule has 1 aromatic carbocycles. The molecule has 0 saturated heterocycles. The summed E-state index contributed by atoms with van der Waals surface area (Å²) in [5.74, 6) is -0.671. The molecule has 2 N–H and O–H groups in total. The van der Waals surface area contributed by atoms with Crippen LogP contribution < -0.4 is 16.2 Å². The molecular formula is C27H32F4N6O3. The van der Waals surface area contributed by atoms with Gasteiger partial charge in [0.15, 0.2) is 0 Å². The summed E-state index contributed by atoms with van der Waals surface area (Å²) in [6.45, 7) is 3.76.